The minimum Gasteiger partial charge on any atom is -0.426 e. The summed E-state index contributed by atoms with van der Waals surface area (Å²) in [5.41, 5.74) is 2.19. The molecule has 94 valence electrons. The molecule has 19 heavy (non-hydrogen) atoms. The van der Waals surface area contributed by atoms with Crippen LogP contribution in [0.3, 0.4) is 0 Å². The predicted octanol–water partition coefficient (Wildman–Crippen LogP) is 3.11. The van der Waals surface area contributed by atoms with Gasteiger partial charge in [-0.2, -0.15) is 0 Å². The third-order valence-electron chi connectivity index (χ3n) is 3.75. The summed E-state index contributed by atoms with van der Waals surface area (Å²) in [6, 6.07) is 12.5. The topological polar surface area (TPSA) is 40.5 Å². The van der Waals surface area contributed by atoms with Crippen LogP contribution in [0, 0.1) is 0 Å². The van der Waals surface area contributed by atoms with Gasteiger partial charge >= 0.3 is 7.12 Å². The molecular weight excluding hydrogens is 235 g/mol. The van der Waals surface area contributed by atoms with E-state index in [1.165, 1.54) is 10.8 Å². The molecule has 1 aliphatic rings. The number of fused-ring (bicyclic) bond motifs is 2. The van der Waals surface area contributed by atoms with Gasteiger partial charge < -0.3 is 10.0 Å². The molecule has 0 saturated heterocycles. The van der Waals surface area contributed by atoms with E-state index < -0.39 is 12.4 Å². The highest BCUT2D eigenvalue weighted by Gasteiger charge is 2.33. The van der Waals surface area contributed by atoms with E-state index in [1.54, 1.807) is 6.92 Å². The van der Waals surface area contributed by atoms with Crippen LogP contribution in [0.5, 0.6) is 0 Å². The molecule has 2 N–H and O–H groups in total. The highest BCUT2D eigenvalue weighted by atomic mass is 16.4. The van der Waals surface area contributed by atoms with Gasteiger partial charge in [0.05, 0.1) is 0 Å². The van der Waals surface area contributed by atoms with Gasteiger partial charge in [-0.15, -0.1) is 0 Å². The molecule has 0 amide bonds. The van der Waals surface area contributed by atoms with Crippen molar-refractivity contribution in [3.63, 3.8) is 0 Å². The van der Waals surface area contributed by atoms with Gasteiger partial charge in [-0.05, 0) is 34.0 Å². The number of hydrogen-bond acceptors (Lipinski definition) is 2. The maximum atomic E-state index is 9.48. The fraction of sp³-hybridized carbons (Fsp3) is 0.125. The van der Waals surface area contributed by atoms with Crippen molar-refractivity contribution >= 4 is 30.0 Å². The van der Waals surface area contributed by atoms with Crippen LogP contribution in [0.1, 0.15) is 18.1 Å². The molecule has 0 spiro atoms. The van der Waals surface area contributed by atoms with E-state index in [0.29, 0.717) is 0 Å². The Morgan fingerprint density at radius 3 is 1.79 bits per heavy atom. The molecular formula is C16H15BO2. The molecule has 0 aromatic heterocycles. The lowest BCUT2D eigenvalue weighted by molar-refractivity contribution is 0.382. The van der Waals surface area contributed by atoms with Crippen molar-refractivity contribution in [2.75, 3.05) is 0 Å². The predicted molar refractivity (Wildman–Crippen MR) is 80.6 cm³/mol. The molecule has 2 aromatic rings. The van der Waals surface area contributed by atoms with Crippen molar-refractivity contribution in [3.8, 4) is 0 Å². The van der Waals surface area contributed by atoms with E-state index in [0.717, 1.165) is 11.1 Å². The first kappa shape index (κ1) is 12.2. The fourth-order valence-corrected chi connectivity index (χ4v) is 2.33. The van der Waals surface area contributed by atoms with Crippen LogP contribution in [-0.4, -0.2) is 17.2 Å². The average molecular weight is 250 g/mol. The summed E-state index contributed by atoms with van der Waals surface area (Å²) in [5.74, 6) is 0. The largest absolute Gasteiger partial charge is 0.465 e. The normalized spacial score (nSPS) is 16.2. The van der Waals surface area contributed by atoms with Gasteiger partial charge in [0.2, 0.25) is 0 Å². The molecule has 0 aliphatic heterocycles. The second-order valence-corrected chi connectivity index (χ2v) is 5.23. The zero-order chi connectivity index (χ0) is 13.5. The Balaban J connectivity index is 2.18. The number of allylic oxidation sites excluding steroid dienone is 2. The van der Waals surface area contributed by atoms with E-state index in [1.807, 2.05) is 36.4 Å². The molecule has 2 nitrogen and oxygen atoms in total. The van der Waals surface area contributed by atoms with Crippen LogP contribution in [-0.2, 0) is 0 Å². The third kappa shape index (κ3) is 2.11. The van der Waals surface area contributed by atoms with Crippen LogP contribution in [0.25, 0.3) is 22.9 Å². The molecule has 2 aromatic carbocycles. The van der Waals surface area contributed by atoms with Crippen molar-refractivity contribution in [2.45, 2.75) is 12.2 Å². The molecule has 3 rings (SSSR count). The highest BCUT2D eigenvalue weighted by Crippen LogP contribution is 2.36. The molecule has 1 aliphatic carbocycles. The molecule has 3 heteroatoms. The van der Waals surface area contributed by atoms with Crippen molar-refractivity contribution in [2.24, 2.45) is 0 Å². The van der Waals surface area contributed by atoms with Crippen molar-refractivity contribution < 1.29 is 10.0 Å². The number of rotatable bonds is 1. The van der Waals surface area contributed by atoms with Crippen molar-refractivity contribution in [1.29, 1.82) is 0 Å². The van der Waals surface area contributed by atoms with Gasteiger partial charge in [0, 0.05) is 5.31 Å². The van der Waals surface area contributed by atoms with E-state index in [9.17, 15) is 10.0 Å². The van der Waals surface area contributed by atoms with E-state index in [-0.39, 0.29) is 0 Å². The first-order chi connectivity index (χ1) is 9.08. The van der Waals surface area contributed by atoms with E-state index in [2.05, 4.69) is 24.3 Å². The summed E-state index contributed by atoms with van der Waals surface area (Å²) in [6.07, 6.45) is 7.60. The number of benzene rings is 2. The second kappa shape index (κ2) is 4.37. The zero-order valence-corrected chi connectivity index (χ0v) is 10.7. The van der Waals surface area contributed by atoms with E-state index in [4.69, 9.17) is 0 Å². The van der Waals surface area contributed by atoms with Crippen LogP contribution >= 0.6 is 0 Å². The van der Waals surface area contributed by atoms with Crippen molar-refractivity contribution in [1.82, 2.24) is 0 Å². The maximum Gasteiger partial charge on any atom is 0.465 e. The lowest BCUT2D eigenvalue weighted by Crippen LogP contribution is -2.26. The Kier molecular flexibility index (Phi) is 2.81. The second-order valence-electron chi connectivity index (χ2n) is 5.23. The molecule has 0 fully saturated rings. The van der Waals surface area contributed by atoms with Gasteiger partial charge in [0.25, 0.3) is 0 Å². The molecule has 0 unspecified atom stereocenters. The maximum absolute atomic E-state index is 9.48. The summed E-state index contributed by atoms with van der Waals surface area (Å²) < 4.78 is 0. The minimum absolute atomic E-state index is 0.745. The Labute approximate surface area is 112 Å². The van der Waals surface area contributed by atoms with E-state index >= 15 is 0 Å². The van der Waals surface area contributed by atoms with Crippen LogP contribution in [0.2, 0.25) is 5.31 Å². The van der Waals surface area contributed by atoms with Gasteiger partial charge in [-0.25, -0.2) is 0 Å². The lowest BCUT2D eigenvalue weighted by Gasteiger charge is -2.19. The Bertz CT molecular complexity index is 634. The summed E-state index contributed by atoms with van der Waals surface area (Å²) in [5, 5.41) is 20.6. The van der Waals surface area contributed by atoms with Gasteiger partial charge in [-0.1, -0.05) is 55.5 Å². The van der Waals surface area contributed by atoms with Gasteiger partial charge in [0.15, 0.2) is 0 Å². The first-order valence-corrected chi connectivity index (χ1v) is 6.36. The summed E-state index contributed by atoms with van der Waals surface area (Å²) in [6.45, 7) is 1.80. The highest BCUT2D eigenvalue weighted by molar-refractivity contribution is 6.47. The quantitative estimate of drug-likeness (QED) is 0.763. The average Bonchev–Trinajstić information content (AvgIpc) is 2.57. The lowest BCUT2D eigenvalue weighted by atomic mass is 9.59. The van der Waals surface area contributed by atoms with Crippen LogP contribution < -0.4 is 0 Å². The molecule has 0 bridgehead atoms. The number of hydrogen-bond donors (Lipinski definition) is 2. The Hall–Kier alpha value is -1.84. The third-order valence-corrected chi connectivity index (χ3v) is 3.75. The minimum atomic E-state index is -1.40. The van der Waals surface area contributed by atoms with Crippen LogP contribution in [0.15, 0.2) is 48.6 Å². The Morgan fingerprint density at radius 1 is 0.895 bits per heavy atom. The zero-order valence-electron chi connectivity index (χ0n) is 10.7. The smallest absolute Gasteiger partial charge is 0.426 e. The molecule has 0 saturated carbocycles. The Morgan fingerprint density at radius 2 is 1.37 bits per heavy atom. The first-order valence-electron chi connectivity index (χ1n) is 6.36. The molecule has 0 radical (unpaired) electrons. The molecule has 0 heterocycles. The van der Waals surface area contributed by atoms with Gasteiger partial charge in [-0.3, -0.25) is 0 Å². The summed E-state index contributed by atoms with van der Waals surface area (Å²) in [7, 11) is -1.40. The van der Waals surface area contributed by atoms with Crippen molar-refractivity contribution in [3.05, 3.63) is 59.7 Å². The van der Waals surface area contributed by atoms with Gasteiger partial charge in [0.1, 0.15) is 0 Å². The fourth-order valence-electron chi connectivity index (χ4n) is 2.33. The SMILES string of the molecule is CC1(B(O)O)C=Cc2cc3ccccc3cc2C=C1. The molecule has 0 atom stereocenters. The van der Waals surface area contributed by atoms with Crippen LogP contribution in [0.4, 0.5) is 0 Å². The standard InChI is InChI=1S/C16H15BO2/c1-16(17(18)19)8-6-14-10-12-4-2-3-5-13(12)11-15(14)7-9-16/h2-11,18-19H,1H3. The summed E-state index contributed by atoms with van der Waals surface area (Å²) >= 11 is 0. The summed E-state index contributed by atoms with van der Waals surface area (Å²) in [4.78, 5) is 0. The monoisotopic (exact) mass is 250 g/mol.